The Hall–Kier alpha value is -4.06. The van der Waals surface area contributed by atoms with Gasteiger partial charge in [0.25, 0.3) is 0 Å². The number of methoxy groups -OCH3 is 2. The van der Waals surface area contributed by atoms with E-state index in [1.165, 1.54) is 38.6 Å². The van der Waals surface area contributed by atoms with Gasteiger partial charge in [-0.2, -0.15) is 0 Å². The van der Waals surface area contributed by atoms with Gasteiger partial charge in [0.15, 0.2) is 23.1 Å². The standard InChI is InChI=1S/C33H36F2N4O4S/c1-6-29(40)37-24-17-23(39-12-10-38(7-2)11-13-39)9-8-20(24)14-22-15-21-16-28(44-27(21)19-36-22)33(3,41)30-31(34)25(42-4)18-26(43-5)32(30)35/h6,8-9,15-19,41H,1,7,10-14H2,2-5H3,(H,37,40). The lowest BCUT2D eigenvalue weighted by molar-refractivity contribution is -0.111. The number of aromatic nitrogens is 1. The summed E-state index contributed by atoms with van der Waals surface area (Å²) in [6.07, 6.45) is 3.34. The van der Waals surface area contributed by atoms with Crippen LogP contribution in [0.5, 0.6) is 11.5 Å². The van der Waals surface area contributed by atoms with Crippen LogP contribution in [0.4, 0.5) is 20.2 Å². The highest BCUT2D eigenvalue weighted by molar-refractivity contribution is 7.19. The van der Waals surface area contributed by atoms with Gasteiger partial charge in [-0.1, -0.05) is 19.6 Å². The van der Waals surface area contributed by atoms with Gasteiger partial charge in [0.1, 0.15) is 5.60 Å². The molecule has 2 aromatic carbocycles. The minimum Gasteiger partial charge on any atom is -0.494 e. The number of fused-ring (bicyclic) bond motifs is 1. The number of anilines is 2. The van der Waals surface area contributed by atoms with Crippen molar-refractivity contribution in [3.05, 3.63) is 88.6 Å². The SMILES string of the molecule is C=CC(=O)Nc1cc(N2CCN(CC)CC2)ccc1Cc1cc2cc(C(C)(O)c3c(F)c(OC)cc(OC)c3F)sc2cn1. The lowest BCUT2D eigenvalue weighted by Crippen LogP contribution is -2.46. The Morgan fingerprint density at radius 1 is 1.11 bits per heavy atom. The predicted molar refractivity (Wildman–Crippen MR) is 170 cm³/mol. The summed E-state index contributed by atoms with van der Waals surface area (Å²) in [5, 5.41) is 15.2. The van der Waals surface area contributed by atoms with E-state index in [9.17, 15) is 9.90 Å². The summed E-state index contributed by atoms with van der Waals surface area (Å²) in [6.45, 7) is 11.9. The average molecular weight is 623 g/mol. The molecule has 1 amide bonds. The molecule has 0 saturated carbocycles. The molecule has 0 radical (unpaired) electrons. The van der Waals surface area contributed by atoms with Crippen molar-refractivity contribution in [3.8, 4) is 11.5 Å². The van der Waals surface area contributed by atoms with Gasteiger partial charge in [0.2, 0.25) is 5.91 Å². The summed E-state index contributed by atoms with van der Waals surface area (Å²) in [6, 6.07) is 10.7. The maximum atomic E-state index is 15.3. The van der Waals surface area contributed by atoms with Crippen LogP contribution in [0.25, 0.3) is 10.1 Å². The molecule has 0 bridgehead atoms. The number of nitrogens with zero attached hydrogens (tertiary/aromatic N) is 3. The van der Waals surface area contributed by atoms with Gasteiger partial charge in [-0.25, -0.2) is 8.78 Å². The fourth-order valence-electron chi connectivity index (χ4n) is 5.50. The number of hydrogen-bond acceptors (Lipinski definition) is 8. The monoisotopic (exact) mass is 622 g/mol. The Morgan fingerprint density at radius 2 is 1.80 bits per heavy atom. The van der Waals surface area contributed by atoms with Gasteiger partial charge in [-0.3, -0.25) is 9.78 Å². The van der Waals surface area contributed by atoms with Crippen molar-refractivity contribution in [2.75, 3.05) is 57.2 Å². The number of halogens is 2. The average Bonchev–Trinajstić information content (AvgIpc) is 3.46. The highest BCUT2D eigenvalue weighted by Crippen LogP contribution is 2.43. The van der Waals surface area contributed by atoms with Crippen molar-refractivity contribution < 1.29 is 28.2 Å². The van der Waals surface area contributed by atoms with Crippen molar-refractivity contribution in [1.29, 1.82) is 0 Å². The van der Waals surface area contributed by atoms with Crippen LogP contribution in [0, 0.1) is 11.6 Å². The van der Waals surface area contributed by atoms with Crippen LogP contribution in [-0.4, -0.2) is 67.8 Å². The number of carbonyl (C=O) groups is 1. The van der Waals surface area contributed by atoms with Crippen LogP contribution in [0.3, 0.4) is 0 Å². The second-order valence-electron chi connectivity index (χ2n) is 10.8. The normalized spacial score (nSPS) is 15.2. The zero-order valence-electron chi connectivity index (χ0n) is 25.2. The first kappa shape index (κ1) is 31.4. The minimum atomic E-state index is -2.03. The van der Waals surface area contributed by atoms with Gasteiger partial charge in [-0.15, -0.1) is 11.3 Å². The van der Waals surface area contributed by atoms with Crippen LogP contribution < -0.4 is 19.7 Å². The molecule has 2 aromatic heterocycles. The lowest BCUT2D eigenvalue weighted by Gasteiger charge is -2.35. The van der Waals surface area contributed by atoms with Crippen LogP contribution in [0.2, 0.25) is 0 Å². The Kier molecular flexibility index (Phi) is 9.19. The van der Waals surface area contributed by atoms with E-state index in [4.69, 9.17) is 9.47 Å². The first-order chi connectivity index (χ1) is 21.1. The first-order valence-corrected chi connectivity index (χ1v) is 15.2. The number of thiophene rings is 1. The topological polar surface area (TPSA) is 87.2 Å². The maximum Gasteiger partial charge on any atom is 0.247 e. The second-order valence-corrected chi connectivity index (χ2v) is 11.9. The van der Waals surface area contributed by atoms with E-state index < -0.39 is 22.8 Å². The summed E-state index contributed by atoms with van der Waals surface area (Å²) in [5.41, 5.74) is 0.718. The molecule has 1 saturated heterocycles. The Morgan fingerprint density at radius 3 is 2.41 bits per heavy atom. The molecule has 1 unspecified atom stereocenters. The highest BCUT2D eigenvalue weighted by Gasteiger charge is 2.37. The van der Waals surface area contributed by atoms with Crippen molar-refractivity contribution in [2.45, 2.75) is 25.9 Å². The van der Waals surface area contributed by atoms with E-state index in [1.807, 2.05) is 18.2 Å². The molecule has 8 nitrogen and oxygen atoms in total. The number of hydrogen-bond donors (Lipinski definition) is 2. The van der Waals surface area contributed by atoms with Gasteiger partial charge >= 0.3 is 0 Å². The summed E-state index contributed by atoms with van der Waals surface area (Å²) < 4.78 is 41.5. The molecule has 0 aliphatic carbocycles. The zero-order chi connectivity index (χ0) is 31.6. The number of amides is 1. The molecule has 2 N–H and O–H groups in total. The summed E-state index contributed by atoms with van der Waals surface area (Å²) >= 11 is 1.19. The Bertz CT molecular complexity index is 1670. The number of carbonyl (C=O) groups excluding carboxylic acids is 1. The van der Waals surface area contributed by atoms with Gasteiger partial charge in [-0.05, 0) is 54.8 Å². The molecule has 5 rings (SSSR count). The molecule has 1 aliphatic rings. The summed E-state index contributed by atoms with van der Waals surface area (Å²) in [4.78, 5) is 22.0. The number of piperazine rings is 1. The van der Waals surface area contributed by atoms with Gasteiger partial charge < -0.3 is 29.7 Å². The fraction of sp³-hybridized carbons (Fsp3) is 0.333. The molecule has 3 heterocycles. The number of ether oxygens (including phenoxy) is 2. The van der Waals surface area contributed by atoms with Crippen molar-refractivity contribution >= 4 is 38.7 Å². The van der Waals surface area contributed by atoms with E-state index in [0.29, 0.717) is 17.0 Å². The van der Waals surface area contributed by atoms with Crippen molar-refractivity contribution in [1.82, 2.24) is 9.88 Å². The highest BCUT2D eigenvalue weighted by atomic mass is 32.1. The molecule has 11 heteroatoms. The van der Waals surface area contributed by atoms with Crippen LogP contribution in [0.15, 0.2) is 55.3 Å². The quantitative estimate of drug-likeness (QED) is 0.219. The van der Waals surface area contributed by atoms with E-state index in [2.05, 4.69) is 39.7 Å². The summed E-state index contributed by atoms with van der Waals surface area (Å²) in [5.74, 6) is -2.79. The lowest BCUT2D eigenvalue weighted by atomic mass is 9.92. The minimum absolute atomic E-state index is 0.239. The van der Waals surface area contributed by atoms with E-state index in [1.54, 1.807) is 12.3 Å². The Balaban J connectivity index is 1.46. The van der Waals surface area contributed by atoms with Gasteiger partial charge in [0.05, 0.1) is 24.5 Å². The number of rotatable bonds is 10. The van der Waals surface area contributed by atoms with Crippen molar-refractivity contribution in [2.24, 2.45) is 0 Å². The van der Waals surface area contributed by atoms with E-state index >= 15 is 8.78 Å². The first-order valence-electron chi connectivity index (χ1n) is 14.3. The second kappa shape index (κ2) is 12.9. The number of nitrogens with one attached hydrogen (secondary N) is 1. The fourth-order valence-corrected chi connectivity index (χ4v) is 6.56. The smallest absolute Gasteiger partial charge is 0.247 e. The van der Waals surface area contributed by atoms with E-state index in [0.717, 1.165) is 65.8 Å². The van der Waals surface area contributed by atoms with Crippen molar-refractivity contribution in [3.63, 3.8) is 0 Å². The molecule has 232 valence electrons. The third-order valence-corrected chi connectivity index (χ3v) is 9.39. The third-order valence-electron chi connectivity index (χ3n) is 8.09. The largest absolute Gasteiger partial charge is 0.494 e. The number of likely N-dealkylation sites (N-methyl/N-ethyl adjacent to an activating group) is 1. The molecule has 44 heavy (non-hydrogen) atoms. The van der Waals surface area contributed by atoms with Crippen LogP contribution >= 0.6 is 11.3 Å². The summed E-state index contributed by atoms with van der Waals surface area (Å²) in [7, 11) is 2.52. The molecule has 1 atom stereocenters. The Labute approximate surface area is 259 Å². The molecule has 1 aliphatic heterocycles. The predicted octanol–water partition coefficient (Wildman–Crippen LogP) is 5.70. The van der Waals surface area contributed by atoms with Crippen LogP contribution in [0.1, 0.15) is 35.5 Å². The van der Waals surface area contributed by atoms with Crippen LogP contribution in [-0.2, 0) is 16.8 Å². The number of pyridine rings is 1. The molecule has 0 spiro atoms. The zero-order valence-corrected chi connectivity index (χ0v) is 26.1. The molecular weight excluding hydrogens is 586 g/mol. The molecule has 1 fully saturated rings. The maximum absolute atomic E-state index is 15.3. The number of aliphatic hydroxyl groups is 1. The van der Waals surface area contributed by atoms with Gasteiger partial charge in [0, 0.05) is 66.8 Å². The third kappa shape index (κ3) is 6.12. The number of benzene rings is 2. The van der Waals surface area contributed by atoms with E-state index in [-0.39, 0.29) is 17.4 Å². The molecule has 4 aromatic rings. The molecular formula is C33H36F2N4O4S.